The van der Waals surface area contributed by atoms with Crippen LogP contribution in [0.2, 0.25) is 10.0 Å². The third kappa shape index (κ3) is 3.75. The summed E-state index contributed by atoms with van der Waals surface area (Å²) in [5, 5.41) is 4.47. The Labute approximate surface area is 121 Å². The fourth-order valence-electron chi connectivity index (χ4n) is 1.80. The van der Waals surface area contributed by atoms with E-state index in [9.17, 15) is 4.79 Å². The quantitative estimate of drug-likeness (QED) is 0.931. The number of nitrogens with one attached hydrogen (secondary N) is 1. The van der Waals surface area contributed by atoms with Crippen molar-refractivity contribution in [1.29, 1.82) is 0 Å². The van der Waals surface area contributed by atoms with Crippen LogP contribution >= 0.6 is 23.2 Å². The first kappa shape index (κ1) is 14.0. The Kier molecular flexibility index (Phi) is 4.51. The Balaban J connectivity index is 2.12. The Hall–Kier alpha value is -1.45. The molecule has 0 bridgehead atoms. The molecule has 0 aliphatic carbocycles. The lowest BCUT2D eigenvalue weighted by Crippen LogP contribution is -2.17. The predicted molar refractivity (Wildman–Crippen MR) is 80.2 cm³/mol. The van der Waals surface area contributed by atoms with Crippen LogP contribution in [0.25, 0.3) is 0 Å². The summed E-state index contributed by atoms with van der Waals surface area (Å²) in [6, 6.07) is 8.73. The molecular weight excluding hydrogens is 283 g/mol. The number of halogens is 2. The standard InChI is InChI=1S/C14H14Cl2N2O/c1-2-18-9-13(3-4-14(18)19)17-8-10-5-11(15)7-12(16)6-10/h3-7,9,17H,2,8H2,1H3. The zero-order chi connectivity index (χ0) is 13.8. The fourth-order valence-corrected chi connectivity index (χ4v) is 2.37. The molecule has 0 aliphatic heterocycles. The fraction of sp³-hybridized carbons (Fsp3) is 0.214. The number of hydrogen-bond acceptors (Lipinski definition) is 2. The van der Waals surface area contributed by atoms with Gasteiger partial charge in [0.1, 0.15) is 0 Å². The lowest BCUT2D eigenvalue weighted by atomic mass is 10.2. The molecule has 1 aromatic heterocycles. The Morgan fingerprint density at radius 1 is 1.16 bits per heavy atom. The van der Waals surface area contributed by atoms with Crippen LogP contribution in [-0.4, -0.2) is 4.57 Å². The number of pyridine rings is 1. The van der Waals surface area contributed by atoms with Crippen LogP contribution in [0, 0.1) is 0 Å². The average molecular weight is 297 g/mol. The molecule has 0 spiro atoms. The van der Waals surface area contributed by atoms with Crippen molar-refractivity contribution in [3.63, 3.8) is 0 Å². The molecule has 5 heteroatoms. The topological polar surface area (TPSA) is 34.0 Å². The van der Waals surface area contributed by atoms with Crippen molar-refractivity contribution in [2.75, 3.05) is 5.32 Å². The van der Waals surface area contributed by atoms with E-state index in [4.69, 9.17) is 23.2 Å². The van der Waals surface area contributed by atoms with Gasteiger partial charge in [-0.15, -0.1) is 0 Å². The Morgan fingerprint density at radius 3 is 2.47 bits per heavy atom. The normalized spacial score (nSPS) is 10.5. The SMILES string of the molecule is CCn1cc(NCc2cc(Cl)cc(Cl)c2)ccc1=O. The van der Waals surface area contributed by atoms with Crippen LogP contribution in [0.3, 0.4) is 0 Å². The average Bonchev–Trinajstić information content (AvgIpc) is 2.36. The summed E-state index contributed by atoms with van der Waals surface area (Å²) in [6.07, 6.45) is 1.80. The van der Waals surface area contributed by atoms with Crippen LogP contribution in [0.15, 0.2) is 41.3 Å². The van der Waals surface area contributed by atoms with Crippen LogP contribution in [0.5, 0.6) is 0 Å². The highest BCUT2D eigenvalue weighted by molar-refractivity contribution is 6.34. The van der Waals surface area contributed by atoms with E-state index in [2.05, 4.69) is 5.32 Å². The van der Waals surface area contributed by atoms with Gasteiger partial charge in [-0.05, 0) is 36.8 Å². The number of hydrogen-bond donors (Lipinski definition) is 1. The van der Waals surface area contributed by atoms with E-state index < -0.39 is 0 Å². The highest BCUT2D eigenvalue weighted by Crippen LogP contribution is 2.19. The highest BCUT2D eigenvalue weighted by Gasteiger charge is 2.00. The Bertz CT molecular complexity index is 617. The van der Waals surface area contributed by atoms with Gasteiger partial charge in [0.15, 0.2) is 0 Å². The lowest BCUT2D eigenvalue weighted by Gasteiger charge is -2.09. The second kappa shape index (κ2) is 6.13. The molecule has 2 rings (SSSR count). The molecule has 1 aromatic carbocycles. The number of nitrogens with zero attached hydrogens (tertiary/aromatic N) is 1. The van der Waals surface area contributed by atoms with Gasteiger partial charge in [0, 0.05) is 35.4 Å². The molecule has 0 fully saturated rings. The van der Waals surface area contributed by atoms with Crippen molar-refractivity contribution in [2.45, 2.75) is 20.0 Å². The van der Waals surface area contributed by atoms with Crippen molar-refractivity contribution in [2.24, 2.45) is 0 Å². The maximum Gasteiger partial charge on any atom is 0.250 e. The largest absolute Gasteiger partial charge is 0.380 e. The van der Waals surface area contributed by atoms with Crippen LogP contribution in [-0.2, 0) is 13.1 Å². The number of rotatable bonds is 4. The molecule has 1 heterocycles. The van der Waals surface area contributed by atoms with Gasteiger partial charge in [-0.1, -0.05) is 23.2 Å². The summed E-state index contributed by atoms with van der Waals surface area (Å²) in [5.74, 6) is 0. The van der Waals surface area contributed by atoms with Gasteiger partial charge in [-0.25, -0.2) is 0 Å². The molecular formula is C14H14Cl2N2O. The van der Waals surface area contributed by atoms with Gasteiger partial charge >= 0.3 is 0 Å². The molecule has 100 valence electrons. The molecule has 2 aromatic rings. The minimum atomic E-state index is -0.00106. The van der Waals surface area contributed by atoms with Crippen molar-refractivity contribution < 1.29 is 0 Å². The summed E-state index contributed by atoms with van der Waals surface area (Å²) in [5.41, 5.74) is 1.88. The van der Waals surface area contributed by atoms with Gasteiger partial charge in [0.05, 0.1) is 5.69 Å². The number of anilines is 1. The van der Waals surface area contributed by atoms with Crippen molar-refractivity contribution in [1.82, 2.24) is 4.57 Å². The van der Waals surface area contributed by atoms with E-state index >= 15 is 0 Å². The third-order valence-corrected chi connectivity index (χ3v) is 3.18. The molecule has 19 heavy (non-hydrogen) atoms. The first-order valence-electron chi connectivity index (χ1n) is 5.98. The van der Waals surface area contributed by atoms with Crippen LogP contribution < -0.4 is 10.9 Å². The Morgan fingerprint density at radius 2 is 1.84 bits per heavy atom. The van der Waals surface area contributed by atoms with Crippen molar-refractivity contribution in [3.05, 3.63) is 62.5 Å². The molecule has 0 aliphatic rings. The maximum atomic E-state index is 11.5. The van der Waals surface area contributed by atoms with E-state index in [1.807, 2.05) is 19.1 Å². The minimum absolute atomic E-state index is 0.00106. The van der Waals surface area contributed by atoms with Gasteiger partial charge in [-0.2, -0.15) is 0 Å². The van der Waals surface area contributed by atoms with Gasteiger partial charge in [0.2, 0.25) is 0 Å². The van der Waals surface area contributed by atoms with Crippen LogP contribution in [0.1, 0.15) is 12.5 Å². The zero-order valence-corrected chi connectivity index (χ0v) is 12.0. The van der Waals surface area contributed by atoms with E-state index in [-0.39, 0.29) is 5.56 Å². The summed E-state index contributed by atoms with van der Waals surface area (Å²) >= 11 is 11.9. The summed E-state index contributed by atoms with van der Waals surface area (Å²) in [4.78, 5) is 11.5. The van der Waals surface area contributed by atoms with E-state index in [1.54, 1.807) is 29.0 Å². The smallest absolute Gasteiger partial charge is 0.250 e. The summed E-state index contributed by atoms with van der Waals surface area (Å²) in [6.45, 7) is 3.18. The summed E-state index contributed by atoms with van der Waals surface area (Å²) in [7, 11) is 0. The first-order valence-corrected chi connectivity index (χ1v) is 6.73. The minimum Gasteiger partial charge on any atom is -0.380 e. The second-order valence-corrected chi connectivity index (χ2v) is 5.05. The molecule has 0 saturated heterocycles. The molecule has 1 N–H and O–H groups in total. The molecule has 3 nitrogen and oxygen atoms in total. The predicted octanol–water partition coefficient (Wildman–Crippen LogP) is 3.79. The third-order valence-electron chi connectivity index (χ3n) is 2.74. The molecule has 0 saturated carbocycles. The second-order valence-electron chi connectivity index (χ2n) is 4.17. The van der Waals surface area contributed by atoms with Crippen molar-refractivity contribution >= 4 is 28.9 Å². The van der Waals surface area contributed by atoms with Gasteiger partial charge in [-0.3, -0.25) is 4.79 Å². The number of aromatic nitrogens is 1. The van der Waals surface area contributed by atoms with Gasteiger partial charge in [0.25, 0.3) is 5.56 Å². The highest BCUT2D eigenvalue weighted by atomic mass is 35.5. The zero-order valence-electron chi connectivity index (χ0n) is 10.5. The molecule has 0 atom stereocenters. The first-order chi connectivity index (χ1) is 9.08. The van der Waals surface area contributed by atoms with E-state index in [1.165, 1.54) is 0 Å². The molecule has 0 amide bonds. The molecule has 0 unspecified atom stereocenters. The monoisotopic (exact) mass is 296 g/mol. The number of aryl methyl sites for hydroxylation is 1. The lowest BCUT2D eigenvalue weighted by molar-refractivity contribution is 0.727. The van der Waals surface area contributed by atoms with E-state index in [0.29, 0.717) is 23.1 Å². The summed E-state index contributed by atoms with van der Waals surface area (Å²) < 4.78 is 1.65. The van der Waals surface area contributed by atoms with Gasteiger partial charge < -0.3 is 9.88 Å². The maximum absolute atomic E-state index is 11.5. The van der Waals surface area contributed by atoms with Crippen LogP contribution in [0.4, 0.5) is 5.69 Å². The molecule has 0 radical (unpaired) electrons. The van der Waals surface area contributed by atoms with Crippen molar-refractivity contribution in [3.8, 4) is 0 Å². The van der Waals surface area contributed by atoms with E-state index in [0.717, 1.165) is 11.3 Å². The number of benzene rings is 1.